The van der Waals surface area contributed by atoms with Gasteiger partial charge in [-0.05, 0) is 37.3 Å². The van der Waals surface area contributed by atoms with Crippen LogP contribution in [0.2, 0.25) is 10.0 Å². The number of carbonyl (C=O) groups excluding carboxylic acids is 1. The standard InChI is InChI=1S/C19H16Cl2N2O2/c1-12-2-5-14(6-3-12)23-18(24)8-9-19-22-11-17(25-19)15-7-4-13(20)10-16(15)21/h2-7,10-11H,8-9H2,1H3,(H,23,24). The lowest BCUT2D eigenvalue weighted by Crippen LogP contribution is -2.12. The van der Waals surface area contributed by atoms with E-state index in [1.165, 1.54) is 0 Å². The molecule has 128 valence electrons. The summed E-state index contributed by atoms with van der Waals surface area (Å²) in [7, 11) is 0. The third kappa shape index (κ3) is 4.62. The van der Waals surface area contributed by atoms with E-state index < -0.39 is 0 Å². The predicted octanol–water partition coefficient (Wildman–Crippen LogP) is 5.53. The summed E-state index contributed by atoms with van der Waals surface area (Å²) in [5.74, 6) is 0.948. The molecule has 25 heavy (non-hydrogen) atoms. The zero-order chi connectivity index (χ0) is 17.8. The van der Waals surface area contributed by atoms with Crippen molar-refractivity contribution < 1.29 is 9.21 Å². The van der Waals surface area contributed by atoms with Crippen LogP contribution in [0.4, 0.5) is 5.69 Å². The molecule has 0 atom stereocenters. The zero-order valence-electron chi connectivity index (χ0n) is 13.6. The van der Waals surface area contributed by atoms with Crippen molar-refractivity contribution in [3.8, 4) is 11.3 Å². The van der Waals surface area contributed by atoms with Crippen molar-refractivity contribution in [1.82, 2.24) is 4.98 Å². The van der Waals surface area contributed by atoms with Crippen LogP contribution < -0.4 is 5.32 Å². The highest BCUT2D eigenvalue weighted by atomic mass is 35.5. The van der Waals surface area contributed by atoms with Crippen LogP contribution >= 0.6 is 23.2 Å². The summed E-state index contributed by atoms with van der Waals surface area (Å²) >= 11 is 12.1. The number of carbonyl (C=O) groups is 1. The number of nitrogens with zero attached hydrogens (tertiary/aromatic N) is 1. The molecule has 0 aliphatic rings. The molecule has 0 spiro atoms. The van der Waals surface area contributed by atoms with Crippen molar-refractivity contribution in [1.29, 1.82) is 0 Å². The summed E-state index contributed by atoms with van der Waals surface area (Å²) in [6.07, 6.45) is 2.29. The molecule has 0 aliphatic carbocycles. The summed E-state index contributed by atoms with van der Waals surface area (Å²) in [6, 6.07) is 12.8. The molecular formula is C19H16Cl2N2O2. The molecule has 3 aromatic rings. The number of aryl methyl sites for hydroxylation is 2. The van der Waals surface area contributed by atoms with Gasteiger partial charge in [-0.3, -0.25) is 4.79 Å². The minimum absolute atomic E-state index is 0.0897. The van der Waals surface area contributed by atoms with Crippen LogP contribution in [-0.4, -0.2) is 10.9 Å². The number of aromatic nitrogens is 1. The zero-order valence-corrected chi connectivity index (χ0v) is 15.1. The van der Waals surface area contributed by atoms with E-state index in [0.29, 0.717) is 33.7 Å². The molecule has 4 nitrogen and oxygen atoms in total. The van der Waals surface area contributed by atoms with Crippen LogP contribution in [-0.2, 0) is 11.2 Å². The quantitative estimate of drug-likeness (QED) is 0.638. The fourth-order valence-corrected chi connectivity index (χ4v) is 2.82. The summed E-state index contributed by atoms with van der Waals surface area (Å²) in [6.45, 7) is 2.00. The number of benzene rings is 2. The van der Waals surface area contributed by atoms with Crippen molar-refractivity contribution in [3.05, 3.63) is 70.2 Å². The second-order valence-corrected chi connectivity index (χ2v) is 6.50. The van der Waals surface area contributed by atoms with Crippen LogP contribution in [0, 0.1) is 6.92 Å². The van der Waals surface area contributed by atoms with Gasteiger partial charge in [-0.2, -0.15) is 0 Å². The Bertz CT molecular complexity index is 889. The Morgan fingerprint density at radius 1 is 1.16 bits per heavy atom. The maximum atomic E-state index is 12.0. The normalized spacial score (nSPS) is 10.7. The summed E-state index contributed by atoms with van der Waals surface area (Å²) < 4.78 is 5.69. The van der Waals surface area contributed by atoms with Crippen LogP contribution in [0.3, 0.4) is 0 Å². The number of hydrogen-bond acceptors (Lipinski definition) is 3. The van der Waals surface area contributed by atoms with Crippen molar-refractivity contribution in [3.63, 3.8) is 0 Å². The number of nitrogens with one attached hydrogen (secondary N) is 1. The monoisotopic (exact) mass is 374 g/mol. The van der Waals surface area contributed by atoms with Gasteiger partial charge in [-0.25, -0.2) is 4.98 Å². The van der Waals surface area contributed by atoms with E-state index in [0.717, 1.165) is 11.3 Å². The molecular weight excluding hydrogens is 359 g/mol. The molecule has 0 aliphatic heterocycles. The molecule has 0 saturated carbocycles. The van der Waals surface area contributed by atoms with Crippen molar-refractivity contribution >= 4 is 34.8 Å². The van der Waals surface area contributed by atoms with E-state index in [9.17, 15) is 4.79 Å². The maximum Gasteiger partial charge on any atom is 0.224 e. The smallest absolute Gasteiger partial charge is 0.224 e. The Hall–Kier alpha value is -2.30. The average molecular weight is 375 g/mol. The first kappa shape index (κ1) is 17.5. The fourth-order valence-electron chi connectivity index (χ4n) is 2.32. The highest BCUT2D eigenvalue weighted by Crippen LogP contribution is 2.30. The Kier molecular flexibility index (Phi) is 5.41. The minimum Gasteiger partial charge on any atom is -0.441 e. The number of oxazole rings is 1. The van der Waals surface area contributed by atoms with Gasteiger partial charge in [-0.1, -0.05) is 40.9 Å². The second kappa shape index (κ2) is 7.72. The van der Waals surface area contributed by atoms with Crippen molar-refractivity contribution in [2.75, 3.05) is 5.32 Å². The first-order chi connectivity index (χ1) is 12.0. The maximum absolute atomic E-state index is 12.0. The Labute approximate surface area is 155 Å². The van der Waals surface area contributed by atoms with Gasteiger partial charge >= 0.3 is 0 Å². The predicted molar refractivity (Wildman–Crippen MR) is 100 cm³/mol. The highest BCUT2D eigenvalue weighted by Gasteiger charge is 2.12. The Morgan fingerprint density at radius 2 is 1.92 bits per heavy atom. The molecule has 0 unspecified atom stereocenters. The Morgan fingerprint density at radius 3 is 2.64 bits per heavy atom. The second-order valence-electron chi connectivity index (χ2n) is 5.66. The molecule has 1 heterocycles. The molecule has 1 amide bonds. The van der Waals surface area contributed by atoms with Crippen LogP contribution in [0.25, 0.3) is 11.3 Å². The highest BCUT2D eigenvalue weighted by molar-refractivity contribution is 6.36. The SMILES string of the molecule is Cc1ccc(NC(=O)CCc2ncc(-c3ccc(Cl)cc3Cl)o2)cc1. The van der Waals surface area contributed by atoms with E-state index in [1.807, 2.05) is 31.2 Å². The molecule has 0 bridgehead atoms. The van der Waals surface area contributed by atoms with Gasteiger partial charge in [-0.15, -0.1) is 0 Å². The third-order valence-corrected chi connectivity index (χ3v) is 4.20. The first-order valence-electron chi connectivity index (χ1n) is 7.78. The molecule has 0 radical (unpaired) electrons. The summed E-state index contributed by atoms with van der Waals surface area (Å²) in [4.78, 5) is 16.2. The van der Waals surface area contributed by atoms with Gasteiger partial charge in [0.1, 0.15) is 0 Å². The van der Waals surface area contributed by atoms with E-state index >= 15 is 0 Å². The Balaban J connectivity index is 1.59. The number of anilines is 1. The fraction of sp³-hybridized carbons (Fsp3) is 0.158. The van der Waals surface area contributed by atoms with Gasteiger partial charge < -0.3 is 9.73 Å². The van der Waals surface area contributed by atoms with Gasteiger partial charge in [0.15, 0.2) is 11.7 Å². The molecule has 0 saturated heterocycles. The summed E-state index contributed by atoms with van der Waals surface area (Å²) in [5.41, 5.74) is 2.64. The van der Waals surface area contributed by atoms with Gasteiger partial charge in [0, 0.05) is 29.1 Å². The average Bonchev–Trinajstić information content (AvgIpc) is 3.04. The van der Waals surface area contributed by atoms with Crippen molar-refractivity contribution in [2.45, 2.75) is 19.8 Å². The van der Waals surface area contributed by atoms with Gasteiger partial charge in [0.05, 0.1) is 11.2 Å². The topological polar surface area (TPSA) is 55.1 Å². The molecule has 0 fully saturated rings. The molecule has 1 aromatic heterocycles. The van der Waals surface area contributed by atoms with E-state index in [2.05, 4.69) is 10.3 Å². The minimum atomic E-state index is -0.0897. The summed E-state index contributed by atoms with van der Waals surface area (Å²) in [5, 5.41) is 3.90. The van der Waals surface area contributed by atoms with Crippen molar-refractivity contribution in [2.24, 2.45) is 0 Å². The number of halogens is 2. The van der Waals surface area contributed by atoms with E-state index in [4.69, 9.17) is 27.6 Å². The lowest BCUT2D eigenvalue weighted by Gasteiger charge is -2.04. The number of amides is 1. The number of hydrogen-bond donors (Lipinski definition) is 1. The molecule has 3 rings (SSSR count). The third-order valence-electron chi connectivity index (χ3n) is 3.65. The molecule has 6 heteroatoms. The van der Waals surface area contributed by atoms with Gasteiger partial charge in [0.2, 0.25) is 5.91 Å². The van der Waals surface area contributed by atoms with Crippen LogP contribution in [0.1, 0.15) is 17.9 Å². The van der Waals surface area contributed by atoms with Crippen LogP contribution in [0.15, 0.2) is 53.1 Å². The van der Waals surface area contributed by atoms with Gasteiger partial charge in [0.25, 0.3) is 0 Å². The largest absolute Gasteiger partial charge is 0.441 e. The molecule has 1 N–H and O–H groups in total. The van der Waals surface area contributed by atoms with E-state index in [1.54, 1.807) is 24.4 Å². The van der Waals surface area contributed by atoms with E-state index in [-0.39, 0.29) is 12.3 Å². The van der Waals surface area contributed by atoms with Crippen LogP contribution in [0.5, 0.6) is 0 Å². The lowest BCUT2D eigenvalue weighted by atomic mass is 10.2. The molecule has 2 aromatic carbocycles. The first-order valence-corrected chi connectivity index (χ1v) is 8.53. The lowest BCUT2D eigenvalue weighted by molar-refractivity contribution is -0.116. The number of rotatable bonds is 5.